The van der Waals surface area contributed by atoms with Gasteiger partial charge in [-0.2, -0.15) is 5.10 Å². The van der Waals surface area contributed by atoms with E-state index in [1.807, 2.05) is 23.0 Å². The number of anilines is 1. The molecular weight excluding hydrogens is 654 g/mol. The number of rotatable bonds is 14. The number of hydrogen-bond acceptors (Lipinski definition) is 8. The number of primary amides is 1. The molecule has 3 aliphatic rings. The minimum Gasteiger partial charge on any atom is -0.496 e. The molecule has 5 N–H and O–H groups in total. The number of carbonyl (C=O) groups excluding carboxylic acids is 2. The highest BCUT2D eigenvalue weighted by molar-refractivity contribution is 6.08. The Balaban J connectivity index is 1.10. The third-order valence-corrected chi connectivity index (χ3v) is 11.5. The number of ether oxygens (including phenoxy) is 2. The SMILES string of the molecule is CCc1nc2c(cnn2CC)c(NC2CCOCC2)c1CC1CC1(C(N)=O)C(=O)NCc1ccc(OC)c(-c2cccc(CC3CCNCC3)c2)c1. The Hall–Kier alpha value is -4.48. The maximum absolute atomic E-state index is 14.0. The lowest BCUT2D eigenvalue weighted by Gasteiger charge is -2.27. The first-order chi connectivity index (χ1) is 25.3. The van der Waals surface area contributed by atoms with Crippen LogP contribution in [0.2, 0.25) is 0 Å². The summed E-state index contributed by atoms with van der Waals surface area (Å²) < 4.78 is 13.3. The molecule has 2 atom stereocenters. The van der Waals surface area contributed by atoms with Gasteiger partial charge in [-0.25, -0.2) is 9.67 Å². The maximum atomic E-state index is 14.0. The summed E-state index contributed by atoms with van der Waals surface area (Å²) >= 11 is 0. The third kappa shape index (κ3) is 7.25. The van der Waals surface area contributed by atoms with Crippen molar-refractivity contribution in [3.63, 3.8) is 0 Å². The van der Waals surface area contributed by atoms with E-state index in [4.69, 9.17) is 20.2 Å². The fourth-order valence-electron chi connectivity index (χ4n) is 8.36. The normalized spacial score (nSPS) is 20.9. The van der Waals surface area contributed by atoms with E-state index in [1.165, 1.54) is 18.4 Å². The van der Waals surface area contributed by atoms with Crippen LogP contribution in [0.3, 0.4) is 0 Å². The average Bonchev–Trinajstić information content (AvgIpc) is 3.77. The molecule has 52 heavy (non-hydrogen) atoms. The first kappa shape index (κ1) is 35.9. The van der Waals surface area contributed by atoms with E-state index in [2.05, 4.69) is 65.2 Å². The van der Waals surface area contributed by atoms with Gasteiger partial charge in [0.05, 0.1) is 24.4 Å². The van der Waals surface area contributed by atoms with Crippen molar-refractivity contribution in [1.82, 2.24) is 25.4 Å². The van der Waals surface area contributed by atoms with E-state index in [0.717, 1.165) is 82.8 Å². The van der Waals surface area contributed by atoms with Crippen LogP contribution < -0.4 is 26.4 Å². The quantitative estimate of drug-likeness (QED) is 0.131. The molecule has 0 bridgehead atoms. The Morgan fingerprint density at radius 1 is 1.06 bits per heavy atom. The highest BCUT2D eigenvalue weighted by Crippen LogP contribution is 2.55. The Morgan fingerprint density at radius 3 is 2.60 bits per heavy atom. The number of methoxy groups -OCH3 is 1. The summed E-state index contributed by atoms with van der Waals surface area (Å²) in [5.74, 6) is 0.320. The fourth-order valence-corrected chi connectivity index (χ4v) is 8.36. The van der Waals surface area contributed by atoms with E-state index >= 15 is 0 Å². The Morgan fingerprint density at radius 2 is 1.87 bits per heavy atom. The van der Waals surface area contributed by atoms with Gasteiger partial charge in [-0.3, -0.25) is 9.59 Å². The molecule has 0 radical (unpaired) electrons. The number of benzene rings is 2. The van der Waals surface area contributed by atoms with Crippen LogP contribution in [0.5, 0.6) is 5.75 Å². The Bertz CT molecular complexity index is 1910. The lowest BCUT2D eigenvalue weighted by molar-refractivity contribution is -0.136. The Kier molecular flexibility index (Phi) is 10.8. The highest BCUT2D eigenvalue weighted by Gasteiger charge is 2.64. The van der Waals surface area contributed by atoms with Gasteiger partial charge in [0.15, 0.2) is 5.65 Å². The minimum absolute atomic E-state index is 0.236. The molecule has 2 amide bonds. The molecule has 3 fully saturated rings. The van der Waals surface area contributed by atoms with Crippen molar-refractivity contribution in [2.75, 3.05) is 38.7 Å². The number of carbonyl (C=O) groups is 2. The Labute approximate surface area is 306 Å². The van der Waals surface area contributed by atoms with Crippen LogP contribution in [0.4, 0.5) is 5.69 Å². The average molecular weight is 708 g/mol. The van der Waals surface area contributed by atoms with Gasteiger partial charge in [-0.1, -0.05) is 37.3 Å². The molecule has 0 spiro atoms. The molecular formula is C41H53N7O4. The van der Waals surface area contributed by atoms with Crippen LogP contribution >= 0.6 is 0 Å². The van der Waals surface area contributed by atoms with Crippen LogP contribution in [0.15, 0.2) is 48.7 Å². The molecule has 4 aromatic rings. The van der Waals surface area contributed by atoms with Gasteiger partial charge in [0.2, 0.25) is 11.8 Å². The number of hydrogen-bond donors (Lipinski definition) is 4. The van der Waals surface area contributed by atoms with Crippen molar-refractivity contribution in [2.24, 2.45) is 23.0 Å². The number of aryl methyl sites for hydroxylation is 2. The van der Waals surface area contributed by atoms with Crippen molar-refractivity contribution in [2.45, 2.75) is 84.3 Å². The lowest BCUT2D eigenvalue weighted by Crippen LogP contribution is -2.42. The number of nitrogens with two attached hydrogens (primary N) is 1. The van der Waals surface area contributed by atoms with E-state index in [-0.39, 0.29) is 24.4 Å². The molecule has 2 saturated heterocycles. The number of fused-ring (bicyclic) bond motifs is 1. The molecule has 2 aromatic heterocycles. The summed E-state index contributed by atoms with van der Waals surface area (Å²) in [7, 11) is 1.68. The van der Waals surface area contributed by atoms with E-state index in [0.29, 0.717) is 44.9 Å². The van der Waals surface area contributed by atoms with Crippen molar-refractivity contribution in [3.05, 3.63) is 71.0 Å². The summed E-state index contributed by atoms with van der Waals surface area (Å²) in [4.78, 5) is 32.2. The van der Waals surface area contributed by atoms with Gasteiger partial charge in [0.1, 0.15) is 11.2 Å². The summed E-state index contributed by atoms with van der Waals surface area (Å²) in [6, 6.07) is 14.9. The first-order valence-electron chi connectivity index (χ1n) is 19.1. The number of amides is 2. The van der Waals surface area contributed by atoms with Crippen LogP contribution in [0, 0.1) is 17.3 Å². The van der Waals surface area contributed by atoms with Crippen molar-refractivity contribution >= 4 is 28.5 Å². The second-order valence-corrected chi connectivity index (χ2v) is 14.8. The summed E-state index contributed by atoms with van der Waals surface area (Å²) in [5.41, 5.74) is 12.9. The van der Waals surface area contributed by atoms with Gasteiger partial charge in [0, 0.05) is 43.6 Å². The van der Waals surface area contributed by atoms with Gasteiger partial charge >= 0.3 is 0 Å². The van der Waals surface area contributed by atoms with Crippen molar-refractivity contribution in [1.29, 1.82) is 0 Å². The molecule has 11 heteroatoms. The van der Waals surface area contributed by atoms with Crippen LogP contribution in [-0.4, -0.2) is 66.0 Å². The monoisotopic (exact) mass is 707 g/mol. The molecule has 11 nitrogen and oxygen atoms in total. The largest absolute Gasteiger partial charge is 0.496 e. The molecule has 1 aliphatic carbocycles. The second kappa shape index (κ2) is 15.6. The summed E-state index contributed by atoms with van der Waals surface area (Å²) in [5, 5.41) is 15.9. The zero-order valence-corrected chi connectivity index (χ0v) is 30.8. The fraction of sp³-hybridized carbons (Fsp3) is 0.512. The summed E-state index contributed by atoms with van der Waals surface area (Å²) in [6.07, 6.45) is 8.77. The smallest absolute Gasteiger partial charge is 0.236 e. The highest BCUT2D eigenvalue weighted by atomic mass is 16.5. The molecule has 2 aliphatic heterocycles. The van der Waals surface area contributed by atoms with Crippen LogP contribution in [0.25, 0.3) is 22.2 Å². The third-order valence-electron chi connectivity index (χ3n) is 11.5. The van der Waals surface area contributed by atoms with E-state index in [1.54, 1.807) is 7.11 Å². The maximum Gasteiger partial charge on any atom is 0.236 e. The molecule has 2 unspecified atom stereocenters. The standard InChI is InChI=1S/C41H53N7O4/c1-4-35-33(37(46-31-13-17-52-18-14-31)34-25-45-48(5-2)38(34)47-35)22-30-23-41(30,39(42)49)40(50)44-24-28-9-10-36(51-3)32(21-28)29-8-6-7-27(20-29)19-26-11-15-43-16-12-26/h6-10,20-21,25-26,30-31,43H,4-5,11-19,22-24H2,1-3H3,(H2,42,49)(H,44,50)(H,46,47). The van der Waals surface area contributed by atoms with Crippen LogP contribution in [-0.2, 0) is 46.7 Å². The van der Waals surface area contributed by atoms with Gasteiger partial charge in [0.25, 0.3) is 0 Å². The van der Waals surface area contributed by atoms with Crippen molar-refractivity contribution < 1.29 is 19.1 Å². The number of nitrogens with zero attached hydrogens (tertiary/aromatic N) is 3. The second-order valence-electron chi connectivity index (χ2n) is 14.8. The predicted octanol–water partition coefficient (Wildman–Crippen LogP) is 5.17. The topological polar surface area (TPSA) is 145 Å². The number of piperidine rings is 1. The van der Waals surface area contributed by atoms with Gasteiger partial charge in [-0.15, -0.1) is 0 Å². The molecule has 7 rings (SSSR count). The molecule has 4 heterocycles. The van der Waals surface area contributed by atoms with E-state index in [9.17, 15) is 9.59 Å². The van der Waals surface area contributed by atoms with Crippen LogP contribution in [0.1, 0.15) is 68.3 Å². The van der Waals surface area contributed by atoms with Crippen molar-refractivity contribution in [3.8, 4) is 16.9 Å². The van der Waals surface area contributed by atoms with E-state index < -0.39 is 11.3 Å². The van der Waals surface area contributed by atoms with Gasteiger partial charge in [-0.05, 0) is 118 Å². The zero-order valence-electron chi connectivity index (χ0n) is 30.8. The van der Waals surface area contributed by atoms with Gasteiger partial charge < -0.3 is 31.2 Å². The minimum atomic E-state index is -1.28. The first-order valence-corrected chi connectivity index (χ1v) is 19.1. The number of pyridine rings is 1. The number of aromatic nitrogens is 3. The molecule has 276 valence electrons. The predicted molar refractivity (Wildman–Crippen MR) is 203 cm³/mol. The molecule has 1 saturated carbocycles. The molecule has 2 aromatic carbocycles. The zero-order chi connectivity index (χ0) is 36.2. The number of nitrogens with one attached hydrogen (secondary N) is 3. The lowest BCUT2D eigenvalue weighted by atomic mass is 9.89. The summed E-state index contributed by atoms with van der Waals surface area (Å²) in [6.45, 7) is 8.72.